The van der Waals surface area contributed by atoms with Crippen LogP contribution in [0.2, 0.25) is 0 Å². The molecule has 6 heteroatoms. The van der Waals surface area contributed by atoms with Crippen LogP contribution in [0.4, 0.5) is 5.69 Å². The number of nitrogens with two attached hydrogens (primary N) is 1. The van der Waals surface area contributed by atoms with E-state index in [0.717, 1.165) is 11.1 Å². The molecule has 0 saturated carbocycles. The summed E-state index contributed by atoms with van der Waals surface area (Å²) in [7, 11) is -3.51. The van der Waals surface area contributed by atoms with Crippen molar-refractivity contribution in [2.24, 2.45) is 0 Å². The Bertz CT molecular complexity index is 519. The highest BCUT2D eigenvalue weighted by atomic mass is 32.2. The lowest BCUT2D eigenvalue weighted by Crippen LogP contribution is -2.46. The lowest BCUT2D eigenvalue weighted by molar-refractivity contribution is 0.483. The van der Waals surface area contributed by atoms with Crippen LogP contribution in [0.5, 0.6) is 0 Å². The van der Waals surface area contributed by atoms with Gasteiger partial charge in [0.2, 0.25) is 0 Å². The van der Waals surface area contributed by atoms with Crippen LogP contribution in [0.15, 0.2) is 18.2 Å². The first-order chi connectivity index (χ1) is 8.11. The Morgan fingerprint density at radius 2 is 1.89 bits per heavy atom. The van der Waals surface area contributed by atoms with Crippen LogP contribution >= 0.6 is 0 Å². The second-order valence-electron chi connectivity index (χ2n) is 5.31. The monoisotopic (exact) mass is 271 g/mol. The Labute approximate surface area is 109 Å². The molecular formula is C12H21N3O2S. The molecule has 5 nitrogen and oxygen atoms in total. The molecule has 1 aromatic rings. The number of benzene rings is 1. The summed E-state index contributed by atoms with van der Waals surface area (Å²) in [6.45, 7) is 7.46. The highest BCUT2D eigenvalue weighted by molar-refractivity contribution is 7.87. The topological polar surface area (TPSA) is 84.2 Å². The second-order valence-corrected chi connectivity index (χ2v) is 6.81. The van der Waals surface area contributed by atoms with Gasteiger partial charge in [0.25, 0.3) is 10.2 Å². The third-order valence-electron chi connectivity index (χ3n) is 2.38. The minimum Gasteiger partial charge on any atom is -0.399 e. The zero-order valence-electron chi connectivity index (χ0n) is 11.2. The number of anilines is 1. The molecule has 0 radical (unpaired) electrons. The summed E-state index contributed by atoms with van der Waals surface area (Å²) in [5, 5.41) is 0. The highest BCUT2D eigenvalue weighted by Gasteiger charge is 2.19. The Morgan fingerprint density at radius 3 is 2.44 bits per heavy atom. The lowest BCUT2D eigenvalue weighted by atomic mass is 10.1. The van der Waals surface area contributed by atoms with Gasteiger partial charge in [-0.3, -0.25) is 0 Å². The molecule has 0 atom stereocenters. The molecule has 0 aliphatic heterocycles. The van der Waals surface area contributed by atoms with Crippen LogP contribution < -0.4 is 15.2 Å². The van der Waals surface area contributed by atoms with Gasteiger partial charge < -0.3 is 5.73 Å². The summed E-state index contributed by atoms with van der Waals surface area (Å²) < 4.78 is 28.6. The van der Waals surface area contributed by atoms with Crippen LogP contribution in [0.1, 0.15) is 31.9 Å². The number of hydrogen-bond acceptors (Lipinski definition) is 3. The number of rotatable bonds is 4. The van der Waals surface area contributed by atoms with E-state index in [9.17, 15) is 8.42 Å². The maximum absolute atomic E-state index is 11.8. The van der Waals surface area contributed by atoms with E-state index in [0.29, 0.717) is 5.69 Å². The van der Waals surface area contributed by atoms with Crippen molar-refractivity contribution in [3.05, 3.63) is 29.3 Å². The number of hydrogen-bond donors (Lipinski definition) is 3. The minimum absolute atomic E-state index is 0.224. The molecule has 1 rings (SSSR count). The molecule has 102 valence electrons. The molecule has 18 heavy (non-hydrogen) atoms. The van der Waals surface area contributed by atoms with Crippen molar-refractivity contribution in [2.45, 2.75) is 39.8 Å². The molecule has 0 aromatic heterocycles. The zero-order valence-corrected chi connectivity index (χ0v) is 12.1. The summed E-state index contributed by atoms with van der Waals surface area (Å²) in [6, 6.07) is 5.45. The quantitative estimate of drug-likeness (QED) is 0.722. The zero-order chi connectivity index (χ0) is 14.0. The maximum atomic E-state index is 11.8. The molecule has 0 bridgehead atoms. The number of nitrogens with one attached hydrogen (secondary N) is 2. The summed E-state index contributed by atoms with van der Waals surface area (Å²) in [5.41, 5.74) is 7.70. The van der Waals surface area contributed by atoms with E-state index >= 15 is 0 Å². The Balaban J connectivity index is 2.74. The van der Waals surface area contributed by atoms with E-state index in [4.69, 9.17) is 5.73 Å². The van der Waals surface area contributed by atoms with Gasteiger partial charge in [-0.1, -0.05) is 12.1 Å². The van der Waals surface area contributed by atoms with Crippen molar-refractivity contribution >= 4 is 15.9 Å². The van der Waals surface area contributed by atoms with E-state index in [1.807, 2.05) is 19.1 Å². The predicted octanol–water partition coefficient (Wildman–Crippen LogP) is 1.30. The number of nitrogen functional groups attached to an aromatic ring is 1. The predicted molar refractivity (Wildman–Crippen MR) is 74.2 cm³/mol. The van der Waals surface area contributed by atoms with Gasteiger partial charge in [0.15, 0.2) is 0 Å². The van der Waals surface area contributed by atoms with Crippen molar-refractivity contribution in [2.75, 3.05) is 5.73 Å². The average Bonchev–Trinajstić information content (AvgIpc) is 2.17. The fraction of sp³-hybridized carbons (Fsp3) is 0.500. The first-order valence-electron chi connectivity index (χ1n) is 5.73. The Hall–Kier alpha value is -1.11. The Kier molecular flexibility index (Phi) is 4.37. The van der Waals surface area contributed by atoms with Crippen molar-refractivity contribution in [3.8, 4) is 0 Å². The van der Waals surface area contributed by atoms with Crippen LogP contribution in [-0.2, 0) is 16.8 Å². The van der Waals surface area contributed by atoms with Crippen molar-refractivity contribution in [1.29, 1.82) is 0 Å². The standard InChI is InChI=1S/C12H21N3O2S/c1-9-10(6-5-7-11(9)13)8-14-18(16,17)15-12(2,3)4/h5-7,14-15H,8,13H2,1-4H3. The van der Waals surface area contributed by atoms with Crippen molar-refractivity contribution < 1.29 is 8.42 Å². The third kappa shape index (κ3) is 4.64. The van der Waals surface area contributed by atoms with Gasteiger partial charge in [-0.15, -0.1) is 0 Å². The fourth-order valence-electron chi connectivity index (χ4n) is 1.51. The van der Waals surface area contributed by atoms with E-state index in [1.54, 1.807) is 26.8 Å². The molecule has 0 aliphatic carbocycles. The first kappa shape index (κ1) is 14.9. The van der Waals surface area contributed by atoms with Gasteiger partial charge >= 0.3 is 0 Å². The summed E-state index contributed by atoms with van der Waals surface area (Å²) >= 11 is 0. The fourth-order valence-corrected chi connectivity index (χ4v) is 2.73. The highest BCUT2D eigenvalue weighted by Crippen LogP contribution is 2.15. The van der Waals surface area contributed by atoms with Gasteiger partial charge in [-0.05, 0) is 44.9 Å². The first-order valence-corrected chi connectivity index (χ1v) is 7.21. The van der Waals surface area contributed by atoms with Crippen LogP contribution in [-0.4, -0.2) is 14.0 Å². The van der Waals surface area contributed by atoms with Gasteiger partial charge in [-0.25, -0.2) is 0 Å². The molecule has 0 spiro atoms. The lowest BCUT2D eigenvalue weighted by Gasteiger charge is -2.20. The Morgan fingerprint density at radius 1 is 1.28 bits per heavy atom. The van der Waals surface area contributed by atoms with Gasteiger partial charge in [0, 0.05) is 17.8 Å². The maximum Gasteiger partial charge on any atom is 0.277 e. The molecule has 0 unspecified atom stereocenters. The summed E-state index contributed by atoms with van der Waals surface area (Å²) in [5.74, 6) is 0. The molecule has 0 aliphatic rings. The molecule has 0 saturated heterocycles. The largest absolute Gasteiger partial charge is 0.399 e. The van der Waals surface area contributed by atoms with E-state index < -0.39 is 15.7 Å². The van der Waals surface area contributed by atoms with Crippen molar-refractivity contribution in [1.82, 2.24) is 9.44 Å². The van der Waals surface area contributed by atoms with E-state index in [-0.39, 0.29) is 6.54 Å². The molecule has 0 fully saturated rings. The van der Waals surface area contributed by atoms with Crippen LogP contribution in [0.25, 0.3) is 0 Å². The van der Waals surface area contributed by atoms with Gasteiger partial charge in [0.1, 0.15) is 0 Å². The van der Waals surface area contributed by atoms with E-state index in [1.165, 1.54) is 0 Å². The second kappa shape index (κ2) is 5.26. The van der Waals surface area contributed by atoms with Gasteiger partial charge in [0.05, 0.1) is 0 Å². The molecule has 0 amide bonds. The smallest absolute Gasteiger partial charge is 0.277 e. The molecular weight excluding hydrogens is 250 g/mol. The molecule has 4 N–H and O–H groups in total. The summed E-state index contributed by atoms with van der Waals surface area (Å²) in [6.07, 6.45) is 0. The van der Waals surface area contributed by atoms with Crippen LogP contribution in [0.3, 0.4) is 0 Å². The normalized spacial score (nSPS) is 12.7. The third-order valence-corrected chi connectivity index (χ3v) is 3.79. The average molecular weight is 271 g/mol. The molecule has 1 aromatic carbocycles. The SMILES string of the molecule is Cc1c(N)cccc1CNS(=O)(=O)NC(C)(C)C. The van der Waals surface area contributed by atoms with Gasteiger partial charge in [-0.2, -0.15) is 17.9 Å². The van der Waals surface area contributed by atoms with E-state index in [2.05, 4.69) is 9.44 Å². The van der Waals surface area contributed by atoms with Crippen LogP contribution in [0, 0.1) is 6.92 Å². The molecule has 0 heterocycles. The van der Waals surface area contributed by atoms with Crippen molar-refractivity contribution in [3.63, 3.8) is 0 Å². The summed E-state index contributed by atoms with van der Waals surface area (Å²) in [4.78, 5) is 0. The minimum atomic E-state index is -3.51.